The Balaban J connectivity index is 1.87. The molecule has 0 aliphatic rings. The summed E-state index contributed by atoms with van der Waals surface area (Å²) in [7, 11) is 0. The van der Waals surface area contributed by atoms with E-state index in [9.17, 15) is 9.18 Å². The molecule has 0 radical (unpaired) electrons. The van der Waals surface area contributed by atoms with E-state index in [-0.39, 0.29) is 18.1 Å². The van der Waals surface area contributed by atoms with Crippen molar-refractivity contribution in [2.45, 2.75) is 11.4 Å². The zero-order valence-electron chi connectivity index (χ0n) is 11.5. The fourth-order valence-corrected chi connectivity index (χ4v) is 2.73. The Morgan fingerprint density at radius 3 is 2.62 bits per heavy atom. The minimum absolute atomic E-state index is 0.0180. The molecule has 0 fully saturated rings. The van der Waals surface area contributed by atoms with E-state index in [2.05, 4.69) is 0 Å². The molecule has 1 heterocycles. The molecule has 3 rings (SSSR count). The molecule has 0 amide bonds. The monoisotopic (exact) mass is 299 g/mol. The average molecular weight is 299 g/mol. The van der Waals surface area contributed by atoms with Gasteiger partial charge in [0.2, 0.25) is 0 Å². The standard InChI is InChI=1S/C17H14FNOS/c1-21-15-6-3-13(4-7-15)17(20)11-19-9-8-12-2-5-14(18)10-16(12)19/h2-10H,11H2,1H3. The molecule has 0 aliphatic carbocycles. The molecule has 106 valence electrons. The van der Waals surface area contributed by atoms with Crippen molar-refractivity contribution in [3.8, 4) is 0 Å². The van der Waals surface area contributed by atoms with Gasteiger partial charge in [0.15, 0.2) is 5.78 Å². The molecule has 0 spiro atoms. The lowest BCUT2D eigenvalue weighted by Crippen LogP contribution is -2.09. The SMILES string of the molecule is CSc1ccc(C(=O)Cn2ccc3ccc(F)cc32)cc1. The van der Waals surface area contributed by atoms with Crippen LogP contribution < -0.4 is 0 Å². The minimum atomic E-state index is -0.292. The Morgan fingerprint density at radius 2 is 1.90 bits per heavy atom. The summed E-state index contributed by atoms with van der Waals surface area (Å²) < 4.78 is 15.1. The lowest BCUT2D eigenvalue weighted by molar-refractivity contribution is 0.0973. The fourth-order valence-electron chi connectivity index (χ4n) is 2.32. The van der Waals surface area contributed by atoms with Gasteiger partial charge in [-0.3, -0.25) is 4.79 Å². The summed E-state index contributed by atoms with van der Waals surface area (Å²) in [5, 5.41) is 0.932. The third kappa shape index (κ3) is 2.85. The maximum absolute atomic E-state index is 13.3. The highest BCUT2D eigenvalue weighted by Gasteiger charge is 2.09. The molecular weight excluding hydrogens is 285 g/mol. The second-order valence-corrected chi connectivity index (χ2v) is 5.68. The Kier molecular flexibility index (Phi) is 3.80. The van der Waals surface area contributed by atoms with Gasteiger partial charge >= 0.3 is 0 Å². The highest BCUT2D eigenvalue weighted by Crippen LogP contribution is 2.19. The van der Waals surface area contributed by atoms with Crippen LogP contribution in [0.1, 0.15) is 10.4 Å². The van der Waals surface area contributed by atoms with E-state index in [0.29, 0.717) is 5.56 Å². The molecule has 0 unspecified atom stereocenters. The van der Waals surface area contributed by atoms with Crippen LogP contribution >= 0.6 is 11.8 Å². The van der Waals surface area contributed by atoms with Gasteiger partial charge in [-0.05, 0) is 48.0 Å². The number of hydrogen-bond acceptors (Lipinski definition) is 2. The smallest absolute Gasteiger partial charge is 0.182 e. The molecule has 0 atom stereocenters. The summed E-state index contributed by atoms with van der Waals surface area (Å²) in [6.45, 7) is 0.214. The van der Waals surface area contributed by atoms with Crippen LogP contribution in [0.4, 0.5) is 4.39 Å². The summed E-state index contributed by atoms with van der Waals surface area (Å²) in [6.07, 6.45) is 3.82. The zero-order valence-corrected chi connectivity index (χ0v) is 12.4. The van der Waals surface area contributed by atoms with Gasteiger partial charge < -0.3 is 4.57 Å². The van der Waals surface area contributed by atoms with Gasteiger partial charge in [-0.15, -0.1) is 11.8 Å². The van der Waals surface area contributed by atoms with Crippen molar-refractivity contribution in [3.63, 3.8) is 0 Å². The van der Waals surface area contributed by atoms with Gasteiger partial charge in [0.25, 0.3) is 0 Å². The van der Waals surface area contributed by atoms with Crippen LogP contribution in [0.5, 0.6) is 0 Å². The van der Waals surface area contributed by atoms with E-state index >= 15 is 0 Å². The Labute approximate surface area is 126 Å². The summed E-state index contributed by atoms with van der Waals surface area (Å²) in [5.41, 5.74) is 1.41. The van der Waals surface area contributed by atoms with Crippen molar-refractivity contribution in [1.29, 1.82) is 0 Å². The number of aromatic nitrogens is 1. The molecule has 2 nitrogen and oxygen atoms in total. The second-order valence-electron chi connectivity index (χ2n) is 4.80. The van der Waals surface area contributed by atoms with Crippen LogP contribution in [-0.2, 0) is 6.54 Å². The molecule has 4 heteroatoms. The van der Waals surface area contributed by atoms with Gasteiger partial charge in [0, 0.05) is 16.7 Å². The fraction of sp³-hybridized carbons (Fsp3) is 0.118. The predicted molar refractivity (Wildman–Crippen MR) is 84.4 cm³/mol. The summed E-state index contributed by atoms with van der Waals surface area (Å²) in [4.78, 5) is 13.4. The second kappa shape index (κ2) is 5.74. The molecule has 21 heavy (non-hydrogen) atoms. The lowest BCUT2D eigenvalue weighted by Gasteiger charge is -2.06. The number of hydrogen-bond donors (Lipinski definition) is 0. The van der Waals surface area contributed by atoms with Crippen LogP contribution in [-0.4, -0.2) is 16.6 Å². The lowest BCUT2D eigenvalue weighted by atomic mass is 10.1. The average Bonchev–Trinajstić information content (AvgIpc) is 2.89. The Morgan fingerprint density at radius 1 is 1.14 bits per heavy atom. The van der Waals surface area contributed by atoms with Crippen LogP contribution in [0, 0.1) is 5.82 Å². The van der Waals surface area contributed by atoms with Crippen molar-refractivity contribution in [2.24, 2.45) is 0 Å². The number of carbonyl (C=O) groups is 1. The van der Waals surface area contributed by atoms with E-state index in [1.165, 1.54) is 12.1 Å². The number of fused-ring (bicyclic) bond motifs is 1. The first-order chi connectivity index (χ1) is 10.2. The van der Waals surface area contributed by atoms with E-state index < -0.39 is 0 Å². The molecule has 0 saturated carbocycles. The van der Waals surface area contributed by atoms with E-state index in [1.807, 2.05) is 42.8 Å². The number of nitrogens with zero attached hydrogens (tertiary/aromatic N) is 1. The van der Waals surface area contributed by atoms with Gasteiger partial charge in [0.1, 0.15) is 5.82 Å². The van der Waals surface area contributed by atoms with Crippen LogP contribution in [0.25, 0.3) is 10.9 Å². The van der Waals surface area contributed by atoms with Crippen molar-refractivity contribution in [1.82, 2.24) is 4.57 Å². The first-order valence-corrected chi connectivity index (χ1v) is 7.81. The zero-order chi connectivity index (χ0) is 14.8. The Hall–Kier alpha value is -2.07. The molecule has 3 aromatic rings. The highest BCUT2D eigenvalue weighted by atomic mass is 32.2. The van der Waals surface area contributed by atoms with E-state index in [0.717, 1.165) is 15.8 Å². The molecule has 1 aromatic heterocycles. The summed E-state index contributed by atoms with van der Waals surface area (Å²) in [5.74, 6) is -0.274. The number of ketones is 1. The number of rotatable bonds is 4. The molecule has 0 aliphatic heterocycles. The Bertz CT molecular complexity index is 792. The molecule has 0 bridgehead atoms. The maximum Gasteiger partial charge on any atom is 0.182 e. The number of halogens is 1. The van der Waals surface area contributed by atoms with Gasteiger partial charge in [-0.25, -0.2) is 4.39 Å². The highest BCUT2D eigenvalue weighted by molar-refractivity contribution is 7.98. The number of thioether (sulfide) groups is 1. The van der Waals surface area contributed by atoms with Crippen molar-refractivity contribution in [2.75, 3.05) is 6.26 Å². The molecule has 0 N–H and O–H groups in total. The van der Waals surface area contributed by atoms with Gasteiger partial charge in [0.05, 0.1) is 12.1 Å². The van der Waals surface area contributed by atoms with Crippen molar-refractivity contribution >= 4 is 28.4 Å². The first-order valence-electron chi connectivity index (χ1n) is 6.59. The quantitative estimate of drug-likeness (QED) is 0.526. The molecule has 2 aromatic carbocycles. The summed E-state index contributed by atoms with van der Waals surface area (Å²) in [6, 6.07) is 14.0. The van der Waals surface area contributed by atoms with E-state index in [4.69, 9.17) is 0 Å². The third-order valence-corrected chi connectivity index (χ3v) is 4.21. The van der Waals surface area contributed by atoms with Crippen molar-refractivity contribution in [3.05, 3.63) is 66.1 Å². The predicted octanol–water partition coefficient (Wildman–Crippen LogP) is 4.39. The maximum atomic E-state index is 13.3. The number of benzene rings is 2. The van der Waals surface area contributed by atoms with Crippen LogP contribution in [0.2, 0.25) is 0 Å². The van der Waals surface area contributed by atoms with Crippen molar-refractivity contribution < 1.29 is 9.18 Å². The first kappa shape index (κ1) is 13.9. The van der Waals surface area contributed by atoms with Gasteiger partial charge in [-0.2, -0.15) is 0 Å². The van der Waals surface area contributed by atoms with Gasteiger partial charge in [-0.1, -0.05) is 12.1 Å². The topological polar surface area (TPSA) is 22.0 Å². The van der Waals surface area contributed by atoms with E-state index in [1.54, 1.807) is 22.4 Å². The van der Waals surface area contributed by atoms with Crippen LogP contribution in [0.15, 0.2) is 59.6 Å². The number of carbonyl (C=O) groups excluding carboxylic acids is 1. The molecule has 0 saturated heterocycles. The minimum Gasteiger partial charge on any atom is -0.340 e. The molecular formula is C17H14FNOS. The largest absolute Gasteiger partial charge is 0.340 e. The normalized spacial score (nSPS) is 11.0. The van der Waals surface area contributed by atoms with Crippen LogP contribution in [0.3, 0.4) is 0 Å². The number of Topliss-reactive ketones (excluding diaryl/α,β-unsaturated/α-hetero) is 1. The summed E-state index contributed by atoms with van der Waals surface area (Å²) >= 11 is 1.64. The third-order valence-electron chi connectivity index (χ3n) is 3.46.